The van der Waals surface area contributed by atoms with Crippen LogP contribution < -0.4 is 4.90 Å². The minimum absolute atomic E-state index is 0.00185. The number of hydrogen-bond acceptors (Lipinski definition) is 4. The van der Waals surface area contributed by atoms with Gasteiger partial charge in [0.15, 0.2) is 0 Å². The van der Waals surface area contributed by atoms with Crippen LogP contribution in [0.2, 0.25) is 0 Å². The molecule has 1 atom stereocenters. The summed E-state index contributed by atoms with van der Waals surface area (Å²) in [6, 6.07) is 2.26. The van der Waals surface area contributed by atoms with Gasteiger partial charge in [-0.25, -0.2) is 4.79 Å². The monoisotopic (exact) mass is 316 g/mol. The van der Waals surface area contributed by atoms with E-state index in [2.05, 4.69) is 15.9 Å². The summed E-state index contributed by atoms with van der Waals surface area (Å²) in [5, 5.41) is 19.7. The highest BCUT2D eigenvalue weighted by Crippen LogP contribution is 2.33. The lowest BCUT2D eigenvalue weighted by Crippen LogP contribution is -2.36. The van der Waals surface area contributed by atoms with Crippen molar-refractivity contribution in [2.24, 2.45) is 0 Å². The number of nitro groups is 1. The number of carboxylic acids is 1. The molecule has 0 fully saturated rings. The fourth-order valence-electron chi connectivity index (χ4n) is 1.50. The van der Waals surface area contributed by atoms with E-state index in [4.69, 9.17) is 5.11 Å². The molecule has 98 valence electrons. The van der Waals surface area contributed by atoms with Crippen molar-refractivity contribution in [3.8, 4) is 0 Å². The Morgan fingerprint density at radius 1 is 1.56 bits per heavy atom. The maximum atomic E-state index is 10.9. The van der Waals surface area contributed by atoms with Crippen LogP contribution in [0, 0.1) is 17.0 Å². The summed E-state index contributed by atoms with van der Waals surface area (Å²) in [7, 11) is 1.63. The van der Waals surface area contributed by atoms with E-state index >= 15 is 0 Å². The molecule has 0 radical (unpaired) electrons. The molecule has 1 unspecified atom stereocenters. The normalized spacial score (nSPS) is 12.0. The van der Waals surface area contributed by atoms with Crippen LogP contribution in [0.1, 0.15) is 12.5 Å². The smallest absolute Gasteiger partial charge is 0.326 e. The Labute approximate surface area is 112 Å². The van der Waals surface area contributed by atoms with Crippen LogP contribution in [0.4, 0.5) is 11.4 Å². The molecule has 1 aromatic rings. The van der Waals surface area contributed by atoms with E-state index in [1.807, 2.05) is 0 Å². The Bertz CT molecular complexity index is 504. The Balaban J connectivity index is 3.23. The molecule has 0 heterocycles. The first-order chi connectivity index (χ1) is 8.25. The molecule has 0 aromatic heterocycles. The molecule has 0 aliphatic rings. The molecule has 0 amide bonds. The van der Waals surface area contributed by atoms with Gasteiger partial charge in [-0.15, -0.1) is 0 Å². The number of aliphatic carboxylic acids is 1. The number of carboxylic acid groups (broad SMARTS) is 1. The predicted octanol–water partition coefficient (Wildman–Crippen LogP) is 2.58. The number of aryl methyl sites for hydroxylation is 1. The lowest BCUT2D eigenvalue weighted by Gasteiger charge is -2.25. The van der Waals surface area contributed by atoms with Crippen molar-refractivity contribution in [1.29, 1.82) is 0 Å². The molecule has 0 spiro atoms. The topological polar surface area (TPSA) is 83.7 Å². The third-order valence-electron chi connectivity index (χ3n) is 2.78. The number of halogens is 1. The molecule has 1 aromatic carbocycles. The van der Waals surface area contributed by atoms with E-state index < -0.39 is 16.9 Å². The lowest BCUT2D eigenvalue weighted by molar-refractivity contribution is -0.385. The molecule has 18 heavy (non-hydrogen) atoms. The van der Waals surface area contributed by atoms with E-state index in [0.29, 0.717) is 15.7 Å². The zero-order valence-electron chi connectivity index (χ0n) is 10.2. The number of likely N-dealkylation sites (N-methyl/N-ethyl adjacent to an activating group) is 1. The fourth-order valence-corrected chi connectivity index (χ4v) is 2.11. The van der Waals surface area contributed by atoms with Gasteiger partial charge in [0.2, 0.25) is 0 Å². The number of nitrogens with zero attached hydrogens (tertiary/aromatic N) is 2. The Morgan fingerprint density at radius 2 is 2.11 bits per heavy atom. The fraction of sp³-hybridized carbons (Fsp3) is 0.364. The molecule has 0 aliphatic carbocycles. The summed E-state index contributed by atoms with van der Waals surface area (Å²) in [4.78, 5) is 22.8. The minimum Gasteiger partial charge on any atom is -0.480 e. The van der Waals surface area contributed by atoms with Gasteiger partial charge < -0.3 is 10.0 Å². The van der Waals surface area contributed by atoms with Crippen molar-refractivity contribution in [3.63, 3.8) is 0 Å². The second-order valence-corrected chi connectivity index (χ2v) is 4.83. The summed E-state index contributed by atoms with van der Waals surface area (Å²) in [6.07, 6.45) is 0. The van der Waals surface area contributed by atoms with Crippen molar-refractivity contribution in [3.05, 3.63) is 32.3 Å². The van der Waals surface area contributed by atoms with Gasteiger partial charge in [0.05, 0.1) is 10.6 Å². The van der Waals surface area contributed by atoms with Crippen LogP contribution in [0.3, 0.4) is 0 Å². The van der Waals surface area contributed by atoms with Crippen molar-refractivity contribution < 1.29 is 14.8 Å². The number of benzene rings is 1. The summed E-state index contributed by atoms with van der Waals surface area (Å²) >= 11 is 3.23. The molecule has 1 rings (SSSR count). The molecule has 0 saturated carbocycles. The van der Waals surface area contributed by atoms with Crippen molar-refractivity contribution in [1.82, 2.24) is 0 Å². The number of hydrogen-bond donors (Lipinski definition) is 1. The van der Waals surface area contributed by atoms with Crippen LogP contribution in [-0.4, -0.2) is 29.1 Å². The van der Waals surface area contributed by atoms with E-state index in [0.717, 1.165) is 0 Å². The SMILES string of the molecule is Cc1cc(N(C)C(C)C(=O)O)c(Br)cc1[N+](=O)[O-]. The second-order valence-electron chi connectivity index (χ2n) is 3.97. The highest BCUT2D eigenvalue weighted by atomic mass is 79.9. The maximum absolute atomic E-state index is 10.9. The standard InChI is InChI=1S/C11H13BrN2O4/c1-6-4-10(13(3)7(2)11(15)16)8(12)5-9(6)14(17)18/h4-5,7H,1-3H3,(H,15,16). The maximum Gasteiger partial charge on any atom is 0.326 e. The second kappa shape index (κ2) is 5.34. The average Bonchev–Trinajstić information content (AvgIpc) is 2.29. The van der Waals surface area contributed by atoms with Gasteiger partial charge in [-0.05, 0) is 35.8 Å². The minimum atomic E-state index is -0.958. The zero-order chi connectivity index (χ0) is 14.0. The lowest BCUT2D eigenvalue weighted by atomic mass is 10.1. The first-order valence-corrected chi connectivity index (χ1v) is 5.95. The van der Waals surface area contributed by atoms with Gasteiger partial charge in [0.1, 0.15) is 6.04 Å². The summed E-state index contributed by atoms with van der Waals surface area (Å²) in [5.74, 6) is -0.958. The number of nitro benzene ring substituents is 1. The summed E-state index contributed by atoms with van der Waals surface area (Å²) in [5.41, 5.74) is 1.10. The number of anilines is 1. The van der Waals surface area contributed by atoms with Crippen LogP contribution in [0.15, 0.2) is 16.6 Å². The van der Waals surface area contributed by atoms with E-state index in [-0.39, 0.29) is 5.69 Å². The first kappa shape index (κ1) is 14.4. The van der Waals surface area contributed by atoms with Crippen LogP contribution in [0.5, 0.6) is 0 Å². The van der Waals surface area contributed by atoms with Gasteiger partial charge in [-0.1, -0.05) is 0 Å². The van der Waals surface area contributed by atoms with E-state index in [9.17, 15) is 14.9 Å². The van der Waals surface area contributed by atoms with Crippen LogP contribution >= 0.6 is 15.9 Å². The highest BCUT2D eigenvalue weighted by molar-refractivity contribution is 9.10. The first-order valence-electron chi connectivity index (χ1n) is 5.16. The quantitative estimate of drug-likeness (QED) is 0.681. The molecule has 0 bridgehead atoms. The van der Waals surface area contributed by atoms with E-state index in [1.54, 1.807) is 31.9 Å². The molecular formula is C11H13BrN2O4. The van der Waals surface area contributed by atoms with Gasteiger partial charge >= 0.3 is 5.97 Å². The Morgan fingerprint density at radius 3 is 2.56 bits per heavy atom. The van der Waals surface area contributed by atoms with Crippen molar-refractivity contribution in [2.75, 3.05) is 11.9 Å². The Kier molecular flexibility index (Phi) is 4.28. The molecule has 6 nitrogen and oxygen atoms in total. The van der Waals surface area contributed by atoms with Crippen molar-refractivity contribution in [2.45, 2.75) is 19.9 Å². The van der Waals surface area contributed by atoms with Crippen molar-refractivity contribution >= 4 is 33.3 Å². The molecule has 0 saturated heterocycles. The zero-order valence-corrected chi connectivity index (χ0v) is 11.8. The van der Waals surface area contributed by atoms with Crippen LogP contribution in [-0.2, 0) is 4.79 Å². The van der Waals surface area contributed by atoms with Crippen LogP contribution in [0.25, 0.3) is 0 Å². The molecule has 0 aliphatic heterocycles. The highest BCUT2D eigenvalue weighted by Gasteiger charge is 2.22. The summed E-state index contributed by atoms with van der Waals surface area (Å²) < 4.78 is 0.496. The van der Waals surface area contributed by atoms with Gasteiger partial charge in [0, 0.05) is 23.2 Å². The van der Waals surface area contributed by atoms with Gasteiger partial charge in [-0.2, -0.15) is 0 Å². The Hall–Kier alpha value is -1.63. The number of rotatable bonds is 4. The van der Waals surface area contributed by atoms with E-state index in [1.165, 1.54) is 6.07 Å². The predicted molar refractivity (Wildman–Crippen MR) is 71.0 cm³/mol. The third-order valence-corrected chi connectivity index (χ3v) is 3.42. The van der Waals surface area contributed by atoms with Gasteiger partial charge in [0.25, 0.3) is 5.69 Å². The number of carbonyl (C=O) groups is 1. The summed E-state index contributed by atoms with van der Waals surface area (Å²) in [6.45, 7) is 3.17. The molecule has 1 N–H and O–H groups in total. The molecular weight excluding hydrogens is 304 g/mol. The largest absolute Gasteiger partial charge is 0.480 e. The molecule has 7 heteroatoms. The third kappa shape index (κ3) is 2.79. The van der Waals surface area contributed by atoms with Gasteiger partial charge in [-0.3, -0.25) is 10.1 Å². The average molecular weight is 317 g/mol.